The molecule has 23 heavy (non-hydrogen) atoms. The van der Waals surface area contributed by atoms with Crippen LogP contribution in [0, 0.1) is 12.1 Å². The highest BCUT2D eigenvalue weighted by atomic mass is 19.4. The van der Waals surface area contributed by atoms with Crippen LogP contribution in [0.5, 0.6) is 0 Å². The van der Waals surface area contributed by atoms with Crippen molar-refractivity contribution < 1.29 is 46.7 Å². The number of rotatable bonds is 4. The van der Waals surface area contributed by atoms with Crippen molar-refractivity contribution >= 4 is 11.5 Å². The zero-order valence-corrected chi connectivity index (χ0v) is 11.4. The molecule has 0 saturated heterocycles. The van der Waals surface area contributed by atoms with Gasteiger partial charge in [-0.15, -0.1) is 0 Å². The molecule has 0 radical (unpaired) electrons. The molecule has 0 bridgehead atoms. The van der Waals surface area contributed by atoms with E-state index in [2.05, 4.69) is 0 Å². The maximum Gasteiger partial charge on any atom is 0.426 e. The number of hydrogen-bond donors (Lipinski definition) is 3. The van der Waals surface area contributed by atoms with Gasteiger partial charge in [-0.05, 0) is 6.92 Å². The summed E-state index contributed by atoms with van der Waals surface area (Å²) in [6.07, 6.45) is -14.6. The number of hydrogen-bond acceptors (Lipinski definition) is 4. The number of nitrogens with one attached hydrogen (secondary N) is 1. The normalized spacial score (nSPS) is 14.7. The molecule has 1 aromatic carbocycles. The van der Waals surface area contributed by atoms with Crippen LogP contribution in [0.3, 0.4) is 0 Å². The number of benzene rings is 1. The predicted molar refractivity (Wildman–Crippen MR) is 63.0 cm³/mol. The van der Waals surface area contributed by atoms with Crippen LogP contribution >= 0.6 is 0 Å². The fraction of sp³-hybridized carbons (Fsp3) is 0.417. The van der Waals surface area contributed by atoms with E-state index in [1.807, 2.05) is 0 Å². The third-order valence-corrected chi connectivity index (χ3v) is 3.14. The third-order valence-electron chi connectivity index (χ3n) is 3.14. The minimum Gasteiger partial charge on any atom is -0.595 e. The van der Waals surface area contributed by atoms with Crippen LogP contribution in [0.1, 0.15) is 22.3 Å². The summed E-state index contributed by atoms with van der Waals surface area (Å²) in [6, 6.07) is 2.61. The second-order valence-electron chi connectivity index (χ2n) is 4.79. The molecule has 0 heterocycles. The van der Waals surface area contributed by atoms with Crippen molar-refractivity contribution in [1.82, 2.24) is 0 Å². The first kappa shape index (κ1) is 19.4. The predicted octanol–water partition coefficient (Wildman–Crippen LogP) is 1.83. The van der Waals surface area contributed by atoms with Gasteiger partial charge in [0, 0.05) is 17.2 Å². The Kier molecular flexibility index (Phi) is 5.11. The zero-order valence-electron chi connectivity index (χ0n) is 11.4. The van der Waals surface area contributed by atoms with Gasteiger partial charge in [0.1, 0.15) is 0 Å². The molecule has 5 nitrogen and oxygen atoms in total. The molecule has 0 aliphatic heterocycles. The quantitative estimate of drug-likeness (QED) is 0.441. The van der Waals surface area contributed by atoms with Gasteiger partial charge in [0.25, 0.3) is 5.60 Å². The third kappa shape index (κ3) is 3.80. The molecule has 0 fully saturated rings. The Hall–Kier alpha value is -1.69. The number of alkyl halides is 6. The Balaban J connectivity index is 3.23. The van der Waals surface area contributed by atoms with Gasteiger partial charge in [-0.1, -0.05) is 12.1 Å². The average Bonchev–Trinajstić information content (AvgIpc) is 2.35. The van der Waals surface area contributed by atoms with Crippen LogP contribution in [0.15, 0.2) is 18.2 Å². The Labute approximate surface area is 125 Å². The van der Waals surface area contributed by atoms with E-state index in [1.165, 1.54) is 6.92 Å². The Morgan fingerprint density at radius 2 is 1.65 bits per heavy atom. The van der Waals surface area contributed by atoms with E-state index in [1.54, 1.807) is 0 Å². The first-order chi connectivity index (χ1) is 10.2. The Bertz CT molecular complexity index is 582. The van der Waals surface area contributed by atoms with Gasteiger partial charge in [0.2, 0.25) is 0 Å². The number of aryl methyl sites for hydroxylation is 1. The molecular formula is C12H11F6NO4. The van der Waals surface area contributed by atoms with Crippen LogP contribution in [0.2, 0.25) is 0 Å². The highest BCUT2D eigenvalue weighted by Gasteiger charge is 2.70. The lowest BCUT2D eigenvalue weighted by atomic mass is 9.92. The monoisotopic (exact) mass is 347 g/mol. The van der Waals surface area contributed by atoms with Crippen LogP contribution in [-0.2, 0) is 0 Å². The smallest absolute Gasteiger partial charge is 0.426 e. The van der Waals surface area contributed by atoms with Crippen molar-refractivity contribution in [2.45, 2.75) is 31.3 Å². The minimum absolute atomic E-state index is 0.163. The Morgan fingerprint density at radius 1 is 1.17 bits per heavy atom. The lowest BCUT2D eigenvalue weighted by Crippen LogP contribution is -2.99. The molecule has 0 aromatic heterocycles. The van der Waals surface area contributed by atoms with E-state index in [0.717, 1.165) is 12.1 Å². The van der Waals surface area contributed by atoms with E-state index in [0.29, 0.717) is 6.07 Å². The number of halogens is 6. The van der Waals surface area contributed by atoms with Crippen molar-refractivity contribution in [3.63, 3.8) is 0 Å². The SMILES string of the molecule is Cc1ccc(C(=O)CC(O)(C(F)(F)F)C(F)(F)F)cc1[NH+]([O-])O. The summed E-state index contributed by atoms with van der Waals surface area (Å²) in [5, 5.41) is 27.2. The number of carbonyl (C=O) groups is 1. The van der Waals surface area contributed by atoms with Crippen molar-refractivity contribution in [3.8, 4) is 0 Å². The van der Waals surface area contributed by atoms with Gasteiger partial charge in [0.15, 0.2) is 11.5 Å². The molecular weight excluding hydrogens is 336 g/mol. The fourth-order valence-electron chi connectivity index (χ4n) is 1.72. The maximum absolute atomic E-state index is 12.5. The van der Waals surface area contributed by atoms with E-state index < -0.39 is 46.6 Å². The summed E-state index contributed by atoms with van der Waals surface area (Å²) in [5.41, 5.74) is -6.18. The lowest BCUT2D eigenvalue weighted by Gasteiger charge is -2.31. The van der Waals surface area contributed by atoms with Crippen LogP contribution in [0.25, 0.3) is 0 Å². The number of Topliss-reactive ketones (excluding diaryl/α,β-unsaturated/α-hetero) is 1. The fourth-order valence-corrected chi connectivity index (χ4v) is 1.72. The molecule has 3 N–H and O–H groups in total. The molecule has 1 unspecified atom stereocenters. The van der Waals surface area contributed by atoms with Gasteiger partial charge < -0.3 is 10.3 Å². The van der Waals surface area contributed by atoms with E-state index >= 15 is 0 Å². The second-order valence-corrected chi connectivity index (χ2v) is 4.79. The van der Waals surface area contributed by atoms with Gasteiger partial charge in [-0.3, -0.25) is 4.79 Å². The van der Waals surface area contributed by atoms with Crippen molar-refractivity contribution in [2.24, 2.45) is 0 Å². The first-order valence-electron chi connectivity index (χ1n) is 5.93. The average molecular weight is 347 g/mol. The lowest BCUT2D eigenvalue weighted by molar-refractivity contribution is -0.991. The largest absolute Gasteiger partial charge is 0.595 e. The van der Waals surface area contributed by atoms with Gasteiger partial charge in [-0.25, -0.2) is 5.21 Å². The highest BCUT2D eigenvalue weighted by Crippen LogP contribution is 2.45. The van der Waals surface area contributed by atoms with E-state index in [9.17, 15) is 36.3 Å². The number of ketones is 1. The zero-order chi connectivity index (χ0) is 18.2. The molecule has 130 valence electrons. The second kappa shape index (κ2) is 6.07. The van der Waals surface area contributed by atoms with Crippen LogP contribution in [0.4, 0.5) is 32.0 Å². The van der Waals surface area contributed by atoms with Gasteiger partial charge in [0.05, 0.1) is 6.42 Å². The first-order valence-corrected chi connectivity index (χ1v) is 5.93. The van der Waals surface area contributed by atoms with Gasteiger partial charge >= 0.3 is 12.4 Å². The van der Waals surface area contributed by atoms with Crippen LogP contribution in [-0.4, -0.2) is 34.1 Å². The number of quaternary nitrogens is 1. The standard InChI is InChI=1S/C12H11F6NO4/c1-6-2-3-7(4-8(6)19(22)23)9(20)5-10(21,11(13,14)15)12(16,17)18/h2-4,19,21-22H,5H2,1H3. The summed E-state index contributed by atoms with van der Waals surface area (Å²) in [4.78, 5) is 11.7. The summed E-state index contributed by atoms with van der Waals surface area (Å²) < 4.78 is 75.2. The van der Waals surface area contributed by atoms with Gasteiger partial charge in [-0.2, -0.15) is 31.6 Å². The molecule has 0 saturated carbocycles. The van der Waals surface area contributed by atoms with Crippen molar-refractivity contribution in [2.75, 3.05) is 0 Å². The molecule has 0 spiro atoms. The molecule has 1 atom stereocenters. The summed E-state index contributed by atoms with van der Waals surface area (Å²) in [5.74, 6) is -1.69. The molecule has 1 aromatic rings. The van der Waals surface area contributed by atoms with E-state index in [4.69, 9.17) is 10.3 Å². The minimum atomic E-state index is -6.12. The Morgan fingerprint density at radius 3 is 2.04 bits per heavy atom. The molecule has 0 aliphatic carbocycles. The molecule has 11 heteroatoms. The van der Waals surface area contributed by atoms with E-state index in [-0.39, 0.29) is 5.56 Å². The van der Waals surface area contributed by atoms with Crippen LogP contribution < -0.4 is 5.23 Å². The topological polar surface area (TPSA) is 85.0 Å². The van der Waals surface area contributed by atoms with Crippen molar-refractivity contribution in [3.05, 3.63) is 34.5 Å². The highest BCUT2D eigenvalue weighted by molar-refractivity contribution is 5.97. The van der Waals surface area contributed by atoms with Crippen molar-refractivity contribution in [1.29, 1.82) is 0 Å². The summed E-state index contributed by atoms with van der Waals surface area (Å²) in [6.45, 7) is 1.33. The number of carbonyl (C=O) groups excluding carboxylic acids is 1. The molecule has 1 rings (SSSR count). The maximum atomic E-state index is 12.5. The molecule has 0 amide bonds. The number of aliphatic hydroxyl groups is 1. The summed E-state index contributed by atoms with van der Waals surface area (Å²) in [7, 11) is 0. The summed E-state index contributed by atoms with van der Waals surface area (Å²) >= 11 is 0. The molecule has 0 aliphatic rings.